The van der Waals surface area contributed by atoms with Gasteiger partial charge in [0, 0.05) is 23.3 Å². The summed E-state index contributed by atoms with van der Waals surface area (Å²) in [6.07, 6.45) is -2.78. The second-order valence-electron chi connectivity index (χ2n) is 5.95. The maximum absolute atomic E-state index is 12.6. The minimum atomic E-state index is -4.54. The molecule has 0 bridgehead atoms. The summed E-state index contributed by atoms with van der Waals surface area (Å²) in [5.74, 6) is -0.398. The van der Waals surface area contributed by atoms with E-state index in [0.717, 1.165) is 16.6 Å². The first-order valence-corrected chi connectivity index (χ1v) is 10.4. The molecule has 1 unspecified atom stereocenters. The number of nitrogens with zero attached hydrogens (tertiary/aromatic N) is 1. The van der Waals surface area contributed by atoms with E-state index in [0.29, 0.717) is 12.1 Å². The Kier molecular flexibility index (Phi) is 7.18. The average Bonchev–Trinajstić information content (AvgIpc) is 2.61. The van der Waals surface area contributed by atoms with Gasteiger partial charge in [0.25, 0.3) is 5.91 Å². The molecule has 2 aromatic rings. The molecular weight excluding hydrogens is 463 g/mol. The lowest BCUT2D eigenvalue weighted by molar-refractivity contribution is -0.137. The lowest BCUT2D eigenvalue weighted by Gasteiger charge is -2.15. The van der Waals surface area contributed by atoms with Crippen LogP contribution in [-0.2, 0) is 16.2 Å². The normalized spacial score (nSPS) is 13.2. The first-order valence-electron chi connectivity index (χ1n) is 8.08. The van der Waals surface area contributed by atoms with Crippen molar-refractivity contribution in [2.75, 3.05) is 6.54 Å². The number of benzene rings is 1. The van der Waals surface area contributed by atoms with E-state index in [1.165, 1.54) is 12.3 Å². The van der Waals surface area contributed by atoms with Crippen molar-refractivity contribution in [2.24, 2.45) is 0 Å². The predicted octanol–water partition coefficient (Wildman–Crippen LogP) is 3.35. The first-order chi connectivity index (χ1) is 13.0. The molecular formula is C17H17BrF3N3O3S. The highest BCUT2D eigenvalue weighted by Crippen LogP contribution is 2.29. The van der Waals surface area contributed by atoms with Gasteiger partial charge in [-0.25, -0.2) is 18.1 Å². The molecule has 1 heterocycles. The number of sulfonamides is 1. The van der Waals surface area contributed by atoms with E-state index >= 15 is 0 Å². The van der Waals surface area contributed by atoms with Crippen molar-refractivity contribution in [3.63, 3.8) is 0 Å². The minimum Gasteiger partial charge on any atom is -0.351 e. The van der Waals surface area contributed by atoms with E-state index in [1.807, 2.05) is 0 Å². The smallest absolute Gasteiger partial charge is 0.351 e. The van der Waals surface area contributed by atoms with Crippen LogP contribution in [-0.4, -0.2) is 31.9 Å². The van der Waals surface area contributed by atoms with Crippen molar-refractivity contribution in [1.82, 2.24) is 15.0 Å². The van der Waals surface area contributed by atoms with E-state index in [9.17, 15) is 26.4 Å². The third-order valence-corrected chi connectivity index (χ3v) is 5.75. The van der Waals surface area contributed by atoms with Crippen LogP contribution in [0.25, 0.3) is 0 Å². The Morgan fingerprint density at radius 2 is 1.82 bits per heavy atom. The number of rotatable bonds is 7. The molecule has 0 aliphatic rings. The molecule has 28 heavy (non-hydrogen) atoms. The Labute approximate surface area is 168 Å². The number of carbonyl (C=O) groups excluding carboxylic acids is 1. The van der Waals surface area contributed by atoms with Crippen LogP contribution in [0.1, 0.15) is 29.4 Å². The van der Waals surface area contributed by atoms with Crippen LogP contribution in [0.5, 0.6) is 0 Å². The summed E-state index contributed by atoms with van der Waals surface area (Å²) in [6.45, 7) is 1.78. The van der Waals surface area contributed by atoms with Gasteiger partial charge in [-0.3, -0.25) is 4.79 Å². The third-order valence-electron chi connectivity index (χ3n) is 3.67. The van der Waals surface area contributed by atoms with Gasteiger partial charge in [0.15, 0.2) is 0 Å². The number of hydrogen-bond donors (Lipinski definition) is 2. The lowest BCUT2D eigenvalue weighted by atomic mass is 10.2. The van der Waals surface area contributed by atoms with E-state index in [4.69, 9.17) is 0 Å². The Bertz CT molecular complexity index is 917. The molecule has 1 aromatic heterocycles. The standard InChI is InChI=1S/C17H17BrF3N3O3S/c1-11(8-9-22-16(25)15-7-4-13(18)10-23-15)24-28(26,27)14-5-2-12(3-6-14)17(19,20)21/h2-7,10-11,24H,8-9H2,1H3,(H,22,25). The Hall–Kier alpha value is -1.98. The van der Waals surface area contributed by atoms with Gasteiger partial charge < -0.3 is 5.32 Å². The van der Waals surface area contributed by atoms with E-state index in [2.05, 4.69) is 31.0 Å². The van der Waals surface area contributed by atoms with Crippen LogP contribution >= 0.6 is 15.9 Å². The topological polar surface area (TPSA) is 88.2 Å². The Balaban J connectivity index is 1.88. The zero-order valence-electron chi connectivity index (χ0n) is 14.6. The number of aromatic nitrogens is 1. The quantitative estimate of drug-likeness (QED) is 0.637. The van der Waals surface area contributed by atoms with Crippen LogP contribution in [0, 0.1) is 0 Å². The number of halogens is 4. The molecule has 0 saturated heterocycles. The third kappa shape index (κ3) is 6.28. The van der Waals surface area contributed by atoms with Crippen LogP contribution < -0.4 is 10.0 Å². The number of nitrogens with one attached hydrogen (secondary N) is 2. The lowest BCUT2D eigenvalue weighted by Crippen LogP contribution is -2.36. The monoisotopic (exact) mass is 479 g/mol. The second-order valence-corrected chi connectivity index (χ2v) is 8.58. The number of carbonyl (C=O) groups is 1. The minimum absolute atomic E-state index is 0.188. The number of alkyl halides is 3. The average molecular weight is 480 g/mol. The van der Waals surface area contributed by atoms with Crippen molar-refractivity contribution in [1.29, 1.82) is 0 Å². The molecule has 1 amide bonds. The predicted molar refractivity (Wildman–Crippen MR) is 100 cm³/mol. The van der Waals surface area contributed by atoms with Gasteiger partial charge in [0.1, 0.15) is 5.69 Å². The van der Waals surface area contributed by atoms with Gasteiger partial charge in [0.2, 0.25) is 10.0 Å². The zero-order valence-corrected chi connectivity index (χ0v) is 17.0. The SMILES string of the molecule is CC(CCNC(=O)c1ccc(Br)cn1)NS(=O)(=O)c1ccc(C(F)(F)F)cc1. The summed E-state index contributed by atoms with van der Waals surface area (Å²) >= 11 is 3.21. The van der Waals surface area contributed by atoms with Crippen molar-refractivity contribution >= 4 is 31.9 Å². The fraction of sp³-hybridized carbons (Fsp3) is 0.294. The molecule has 0 aliphatic carbocycles. The second kappa shape index (κ2) is 9.01. The van der Waals surface area contributed by atoms with Crippen LogP contribution in [0.15, 0.2) is 52.0 Å². The molecule has 11 heteroatoms. The summed E-state index contributed by atoms with van der Waals surface area (Å²) in [4.78, 5) is 15.6. The Morgan fingerprint density at radius 3 is 2.36 bits per heavy atom. The molecule has 2 rings (SSSR count). The van der Waals surface area contributed by atoms with Gasteiger partial charge in [-0.2, -0.15) is 13.2 Å². The molecule has 152 valence electrons. The summed E-state index contributed by atoms with van der Waals surface area (Å²) in [7, 11) is -3.98. The van der Waals surface area contributed by atoms with Crippen LogP contribution in [0.2, 0.25) is 0 Å². The maximum Gasteiger partial charge on any atom is 0.416 e. The van der Waals surface area contributed by atoms with Crippen molar-refractivity contribution in [3.8, 4) is 0 Å². The largest absolute Gasteiger partial charge is 0.416 e. The molecule has 0 saturated carbocycles. The van der Waals surface area contributed by atoms with E-state index in [1.54, 1.807) is 13.0 Å². The molecule has 0 fully saturated rings. The van der Waals surface area contributed by atoms with Crippen LogP contribution in [0.3, 0.4) is 0 Å². The highest BCUT2D eigenvalue weighted by Gasteiger charge is 2.30. The van der Waals surface area contributed by atoms with Crippen molar-refractivity contribution in [2.45, 2.75) is 30.5 Å². The summed E-state index contributed by atoms with van der Waals surface area (Å²) in [5.41, 5.74) is -0.704. The molecule has 1 atom stereocenters. The van der Waals surface area contributed by atoms with Gasteiger partial charge in [-0.15, -0.1) is 0 Å². The molecule has 1 aromatic carbocycles. The fourth-order valence-electron chi connectivity index (χ4n) is 2.22. The first kappa shape index (κ1) is 22.3. The van der Waals surface area contributed by atoms with Gasteiger partial charge >= 0.3 is 6.18 Å². The van der Waals surface area contributed by atoms with E-state index < -0.39 is 33.7 Å². The van der Waals surface area contributed by atoms with E-state index in [-0.39, 0.29) is 23.6 Å². The zero-order chi connectivity index (χ0) is 20.9. The summed E-state index contributed by atoms with van der Waals surface area (Å²) < 4.78 is 65.3. The Morgan fingerprint density at radius 1 is 1.18 bits per heavy atom. The molecule has 0 spiro atoms. The molecule has 6 nitrogen and oxygen atoms in total. The molecule has 0 aliphatic heterocycles. The number of pyridine rings is 1. The van der Waals surface area contributed by atoms with Gasteiger partial charge in [-0.05, 0) is 65.7 Å². The van der Waals surface area contributed by atoms with Gasteiger partial charge in [-0.1, -0.05) is 0 Å². The van der Waals surface area contributed by atoms with Crippen LogP contribution in [0.4, 0.5) is 13.2 Å². The highest BCUT2D eigenvalue weighted by molar-refractivity contribution is 9.10. The van der Waals surface area contributed by atoms with Crippen molar-refractivity contribution < 1.29 is 26.4 Å². The summed E-state index contributed by atoms with van der Waals surface area (Å²) in [5, 5.41) is 2.62. The number of hydrogen-bond acceptors (Lipinski definition) is 4. The highest BCUT2D eigenvalue weighted by atomic mass is 79.9. The maximum atomic E-state index is 12.6. The number of amides is 1. The molecule has 0 radical (unpaired) electrons. The van der Waals surface area contributed by atoms with Gasteiger partial charge in [0.05, 0.1) is 10.5 Å². The summed E-state index contributed by atoms with van der Waals surface area (Å²) in [6, 6.07) is 5.89. The van der Waals surface area contributed by atoms with Crippen molar-refractivity contribution in [3.05, 3.63) is 58.3 Å². The fourth-order valence-corrected chi connectivity index (χ4v) is 3.73. The molecule has 2 N–H and O–H groups in total.